The Bertz CT molecular complexity index is 1590. The quantitative estimate of drug-likeness (QED) is 0.0683. The molecule has 0 aliphatic heterocycles. The molecule has 0 saturated carbocycles. The minimum Gasteiger partial charge on any atom is -0.426 e. The van der Waals surface area contributed by atoms with Crippen LogP contribution in [-0.2, 0) is 35.2 Å². The molecule has 0 radical (unpaired) electrons. The molecule has 0 bridgehead atoms. The number of aryl methyl sites for hydroxylation is 1. The number of carbonyl (C=O) groups excluding carboxylic acids is 7. The molecular formula is C35H50BN7O10. The van der Waals surface area contributed by atoms with Crippen LogP contribution in [0.5, 0.6) is 0 Å². The lowest BCUT2D eigenvalue weighted by Gasteiger charge is -2.30. The van der Waals surface area contributed by atoms with Crippen molar-refractivity contribution >= 4 is 48.5 Å². The van der Waals surface area contributed by atoms with E-state index in [0.29, 0.717) is 5.56 Å². The SMILES string of the molecule is CCCCc1ccc(-c2ccc(C(=O)N[C@H](C)C(=O)NCC(=O)N(C)[C@H](C(=O)N[C@@H](C)C(=O)N[C@@H](CC(N)=O)C(=O)NCB(O)O)C(C)O)cc2)cc1. The molecule has 0 aliphatic rings. The van der Waals surface area contributed by atoms with Gasteiger partial charge in [-0.3, -0.25) is 33.6 Å². The second kappa shape index (κ2) is 21.3. The molecule has 2 aromatic rings. The van der Waals surface area contributed by atoms with Crippen LogP contribution in [0.2, 0.25) is 0 Å². The largest absolute Gasteiger partial charge is 0.472 e. The molecule has 0 aromatic heterocycles. The summed E-state index contributed by atoms with van der Waals surface area (Å²) in [5.74, 6) is -5.77. The molecule has 0 fully saturated rings. The third kappa shape index (κ3) is 14.3. The maximum atomic E-state index is 13.1. The van der Waals surface area contributed by atoms with E-state index in [1.54, 1.807) is 12.1 Å². The monoisotopic (exact) mass is 739 g/mol. The first-order chi connectivity index (χ1) is 24.9. The summed E-state index contributed by atoms with van der Waals surface area (Å²) in [4.78, 5) is 89.0. The molecule has 10 N–H and O–H groups in total. The van der Waals surface area contributed by atoms with Gasteiger partial charge in [-0.15, -0.1) is 0 Å². The van der Waals surface area contributed by atoms with Gasteiger partial charge < -0.3 is 52.4 Å². The summed E-state index contributed by atoms with van der Waals surface area (Å²) in [6.07, 6.45) is 0.587. The van der Waals surface area contributed by atoms with Gasteiger partial charge in [-0.1, -0.05) is 49.7 Å². The number of aliphatic hydroxyl groups is 1. The summed E-state index contributed by atoms with van der Waals surface area (Å²) in [7, 11) is -0.690. The topological polar surface area (TPSA) is 270 Å². The number of aliphatic hydroxyl groups excluding tert-OH is 1. The number of carbonyl (C=O) groups is 7. The summed E-state index contributed by atoms with van der Waals surface area (Å²) >= 11 is 0. The Morgan fingerprint density at radius 2 is 1.34 bits per heavy atom. The molecule has 17 nitrogen and oxygen atoms in total. The van der Waals surface area contributed by atoms with Crippen molar-refractivity contribution in [1.29, 1.82) is 0 Å². The van der Waals surface area contributed by atoms with E-state index in [1.165, 1.54) is 33.4 Å². The van der Waals surface area contributed by atoms with Crippen molar-refractivity contribution < 1.29 is 48.7 Å². The Kier molecular flexibility index (Phi) is 17.6. The molecule has 18 heteroatoms. The van der Waals surface area contributed by atoms with Gasteiger partial charge >= 0.3 is 7.12 Å². The third-order valence-electron chi connectivity index (χ3n) is 8.19. The zero-order valence-electron chi connectivity index (χ0n) is 30.5. The van der Waals surface area contributed by atoms with Crippen molar-refractivity contribution in [3.05, 3.63) is 59.7 Å². The van der Waals surface area contributed by atoms with E-state index in [9.17, 15) is 38.7 Å². The van der Waals surface area contributed by atoms with Crippen molar-refractivity contribution in [3.63, 3.8) is 0 Å². The number of hydrogen-bond donors (Lipinski definition) is 9. The number of likely N-dealkylation sites (N-methyl/N-ethyl adjacent to an activating group) is 1. The lowest BCUT2D eigenvalue weighted by atomic mass is 9.92. The Morgan fingerprint density at radius 3 is 1.87 bits per heavy atom. The van der Waals surface area contributed by atoms with E-state index in [4.69, 9.17) is 15.8 Å². The van der Waals surface area contributed by atoms with Crippen LogP contribution in [0.4, 0.5) is 0 Å². The number of primary amides is 1. The van der Waals surface area contributed by atoms with Gasteiger partial charge in [0.1, 0.15) is 24.2 Å². The smallest absolute Gasteiger partial charge is 0.426 e. The summed E-state index contributed by atoms with van der Waals surface area (Å²) in [5.41, 5.74) is 8.66. The van der Waals surface area contributed by atoms with Gasteiger partial charge in [-0.05, 0) is 62.4 Å². The van der Waals surface area contributed by atoms with Gasteiger partial charge in [0, 0.05) is 12.6 Å². The normalized spacial score (nSPS) is 13.6. The zero-order chi connectivity index (χ0) is 39.8. The van der Waals surface area contributed by atoms with Crippen molar-refractivity contribution in [2.45, 2.75) is 83.6 Å². The highest BCUT2D eigenvalue weighted by Crippen LogP contribution is 2.21. The molecule has 288 valence electrons. The predicted octanol–water partition coefficient (Wildman–Crippen LogP) is -1.87. The Balaban J connectivity index is 1.93. The Morgan fingerprint density at radius 1 is 0.774 bits per heavy atom. The molecule has 2 aromatic carbocycles. The highest BCUT2D eigenvalue weighted by Gasteiger charge is 2.34. The fraction of sp³-hybridized carbons (Fsp3) is 0.457. The fourth-order valence-corrected chi connectivity index (χ4v) is 5.11. The number of amides is 7. The van der Waals surface area contributed by atoms with Crippen LogP contribution < -0.4 is 32.3 Å². The summed E-state index contributed by atoms with van der Waals surface area (Å²) in [6.45, 7) is 5.45. The van der Waals surface area contributed by atoms with Crippen LogP contribution in [0, 0.1) is 0 Å². The number of unbranched alkanes of at least 4 members (excludes halogenated alkanes) is 1. The summed E-state index contributed by atoms with van der Waals surface area (Å²) in [5, 5.41) is 39.9. The van der Waals surface area contributed by atoms with Gasteiger partial charge in [-0.2, -0.15) is 0 Å². The highest BCUT2D eigenvalue weighted by molar-refractivity contribution is 6.41. The fourth-order valence-electron chi connectivity index (χ4n) is 5.11. The first-order valence-corrected chi connectivity index (χ1v) is 17.2. The van der Waals surface area contributed by atoms with Crippen LogP contribution in [-0.4, -0.2) is 119 Å². The molecule has 7 amide bonds. The standard InChI is InChI=1S/C35H50BN7O10/c1-6-7-8-23-9-11-24(12-10-23)25-13-15-26(16-14-25)33(49)40-20(2)31(47)38-18-29(46)43(5)30(22(4)44)35(51)41-21(3)32(48)42-27(17-28(37)45)34(50)39-19-36(52)53/h9-16,20-22,27,30,44,52-53H,6-8,17-19H2,1-5H3,(H2,37,45)(H,38,47)(H,39,50)(H,40,49)(H,41,51)(H,42,48)/t20-,21+,22?,27+,30+/m1/s1. The second-order valence-corrected chi connectivity index (χ2v) is 12.7. The molecular weight excluding hydrogens is 689 g/mol. The van der Waals surface area contributed by atoms with E-state index < -0.39 is 98.1 Å². The van der Waals surface area contributed by atoms with Crippen LogP contribution in [0.1, 0.15) is 62.9 Å². The molecule has 1 unspecified atom stereocenters. The van der Waals surface area contributed by atoms with E-state index >= 15 is 0 Å². The molecule has 2 rings (SSSR count). The number of nitrogens with one attached hydrogen (secondary N) is 5. The number of nitrogens with two attached hydrogens (primary N) is 1. The van der Waals surface area contributed by atoms with Gasteiger partial charge in [0.05, 0.1) is 25.5 Å². The average molecular weight is 740 g/mol. The third-order valence-corrected chi connectivity index (χ3v) is 8.19. The molecule has 0 saturated heterocycles. The maximum absolute atomic E-state index is 13.1. The number of hydrogen-bond acceptors (Lipinski definition) is 10. The molecule has 0 aliphatic carbocycles. The van der Waals surface area contributed by atoms with E-state index in [-0.39, 0.29) is 0 Å². The lowest BCUT2D eigenvalue weighted by molar-refractivity contribution is -0.143. The minimum atomic E-state index is -1.89. The number of rotatable bonds is 20. The van der Waals surface area contributed by atoms with Crippen molar-refractivity contribution in [2.75, 3.05) is 20.0 Å². The molecule has 53 heavy (non-hydrogen) atoms. The van der Waals surface area contributed by atoms with E-state index in [0.717, 1.165) is 35.3 Å². The van der Waals surface area contributed by atoms with Crippen LogP contribution in [0.15, 0.2) is 48.5 Å². The first kappa shape index (κ1) is 43.8. The van der Waals surface area contributed by atoms with E-state index in [2.05, 4.69) is 45.6 Å². The zero-order valence-corrected chi connectivity index (χ0v) is 30.5. The average Bonchev–Trinajstić information content (AvgIpc) is 3.11. The number of nitrogens with zero attached hydrogens (tertiary/aromatic N) is 1. The maximum Gasteiger partial charge on any atom is 0.472 e. The summed E-state index contributed by atoms with van der Waals surface area (Å²) in [6, 6.07) is 9.73. The number of benzene rings is 2. The minimum absolute atomic E-state index is 0.325. The predicted molar refractivity (Wildman–Crippen MR) is 195 cm³/mol. The first-order valence-electron chi connectivity index (χ1n) is 17.2. The molecule has 0 heterocycles. The summed E-state index contributed by atoms with van der Waals surface area (Å²) < 4.78 is 0. The van der Waals surface area contributed by atoms with Crippen LogP contribution in [0.25, 0.3) is 11.1 Å². The lowest BCUT2D eigenvalue weighted by Crippen LogP contribution is -2.59. The van der Waals surface area contributed by atoms with Crippen LogP contribution in [0.3, 0.4) is 0 Å². The van der Waals surface area contributed by atoms with Crippen molar-refractivity contribution in [1.82, 2.24) is 31.5 Å². The van der Waals surface area contributed by atoms with E-state index in [1.807, 2.05) is 24.3 Å². The highest BCUT2D eigenvalue weighted by atomic mass is 16.4. The molecule has 0 spiro atoms. The van der Waals surface area contributed by atoms with Gasteiger partial charge in [0.25, 0.3) is 5.91 Å². The Hall–Kier alpha value is -5.33. The van der Waals surface area contributed by atoms with Crippen molar-refractivity contribution in [2.24, 2.45) is 5.73 Å². The second-order valence-electron chi connectivity index (χ2n) is 12.7. The van der Waals surface area contributed by atoms with Crippen LogP contribution >= 0.6 is 0 Å². The van der Waals surface area contributed by atoms with Gasteiger partial charge in [0.2, 0.25) is 35.4 Å². The van der Waals surface area contributed by atoms with Gasteiger partial charge in [-0.25, -0.2) is 0 Å². The molecule has 5 atom stereocenters. The van der Waals surface area contributed by atoms with Gasteiger partial charge in [0.15, 0.2) is 0 Å². The van der Waals surface area contributed by atoms with Crippen molar-refractivity contribution in [3.8, 4) is 11.1 Å². The Labute approximate surface area is 308 Å².